The molecule has 0 N–H and O–H groups in total. The minimum Gasteiger partial charge on any atom is -0.166 e. The minimum atomic E-state index is -4.31. The molecule has 0 heterocycles. The van der Waals surface area contributed by atoms with Crippen LogP contribution in [0.1, 0.15) is 11.1 Å². The molecule has 0 atom stereocenters. The van der Waals surface area contributed by atoms with Crippen LogP contribution >= 0.6 is 11.6 Å². The summed E-state index contributed by atoms with van der Waals surface area (Å²) < 4.78 is 36.5. The van der Waals surface area contributed by atoms with Crippen molar-refractivity contribution in [2.45, 2.75) is 13.1 Å². The highest BCUT2D eigenvalue weighted by molar-refractivity contribution is 6.30. The molecule has 66 valence electrons. The Morgan fingerprint density at radius 2 is 1.83 bits per heavy atom. The van der Waals surface area contributed by atoms with Crippen LogP contribution in [0.5, 0.6) is 0 Å². The summed E-state index contributed by atoms with van der Waals surface area (Å²) in [5.41, 5.74) is -0.484. The number of aryl methyl sites for hydroxylation is 1. The molecule has 0 saturated heterocycles. The Morgan fingerprint density at radius 1 is 1.25 bits per heavy atom. The fourth-order valence-corrected chi connectivity index (χ4v) is 1.07. The topological polar surface area (TPSA) is 0 Å². The number of benzene rings is 1. The van der Waals surface area contributed by atoms with Gasteiger partial charge in [0, 0.05) is 5.02 Å². The summed E-state index contributed by atoms with van der Waals surface area (Å²) in [6.45, 7) is 1.40. The molecule has 0 unspecified atom stereocenters. The largest absolute Gasteiger partial charge is 0.416 e. The first-order valence-electron chi connectivity index (χ1n) is 3.24. The lowest BCUT2D eigenvalue weighted by atomic mass is 10.1. The van der Waals surface area contributed by atoms with Crippen molar-refractivity contribution in [2.24, 2.45) is 0 Å². The second-order valence-corrected chi connectivity index (χ2v) is 2.89. The lowest BCUT2D eigenvalue weighted by Gasteiger charge is -2.09. The van der Waals surface area contributed by atoms with E-state index < -0.39 is 11.7 Å². The van der Waals surface area contributed by atoms with E-state index >= 15 is 0 Å². The van der Waals surface area contributed by atoms with Gasteiger partial charge in [-0.2, -0.15) is 13.2 Å². The Bertz CT molecular complexity index is 291. The molecule has 0 aromatic heterocycles. The number of halogens is 4. The van der Waals surface area contributed by atoms with Gasteiger partial charge in [-0.05, 0) is 24.6 Å². The van der Waals surface area contributed by atoms with Gasteiger partial charge in [-0.25, -0.2) is 0 Å². The third-order valence-electron chi connectivity index (χ3n) is 1.51. The fraction of sp³-hybridized carbons (Fsp3) is 0.250. The summed E-state index contributed by atoms with van der Waals surface area (Å²) in [6.07, 6.45) is -4.31. The van der Waals surface area contributed by atoms with Crippen molar-refractivity contribution in [3.63, 3.8) is 0 Å². The number of alkyl halides is 3. The predicted molar refractivity (Wildman–Crippen MR) is 41.2 cm³/mol. The molecule has 0 fully saturated rings. The van der Waals surface area contributed by atoms with Crippen molar-refractivity contribution in [1.82, 2.24) is 0 Å². The lowest BCUT2D eigenvalue weighted by Crippen LogP contribution is -2.06. The summed E-state index contributed by atoms with van der Waals surface area (Å²) in [5.74, 6) is 0. The lowest BCUT2D eigenvalue weighted by molar-refractivity contribution is -0.138. The maximum atomic E-state index is 12.2. The average molecular weight is 195 g/mol. The summed E-state index contributed by atoms with van der Waals surface area (Å²) in [7, 11) is 0. The van der Waals surface area contributed by atoms with E-state index in [1.165, 1.54) is 19.1 Å². The molecule has 0 aliphatic carbocycles. The second-order valence-electron chi connectivity index (χ2n) is 2.46. The monoisotopic (exact) mass is 194 g/mol. The Morgan fingerprint density at radius 3 is 2.25 bits per heavy atom. The Kier molecular flexibility index (Phi) is 2.33. The maximum Gasteiger partial charge on any atom is 0.416 e. The van der Waals surface area contributed by atoms with Gasteiger partial charge in [0.25, 0.3) is 0 Å². The van der Waals surface area contributed by atoms with Crippen molar-refractivity contribution in [1.29, 1.82) is 0 Å². The van der Waals surface area contributed by atoms with Crippen LogP contribution in [0.15, 0.2) is 18.2 Å². The molecule has 4 heteroatoms. The average Bonchev–Trinajstić information content (AvgIpc) is 1.92. The molecule has 12 heavy (non-hydrogen) atoms. The molecule has 0 spiro atoms. The zero-order valence-electron chi connectivity index (χ0n) is 6.24. The molecule has 0 amide bonds. The first-order chi connectivity index (χ1) is 5.41. The van der Waals surface area contributed by atoms with Gasteiger partial charge in [0.15, 0.2) is 0 Å². The molecule has 0 aliphatic rings. The Labute approximate surface area is 73.0 Å². The first-order valence-corrected chi connectivity index (χ1v) is 3.62. The van der Waals surface area contributed by atoms with Gasteiger partial charge in [-0.1, -0.05) is 17.7 Å². The van der Waals surface area contributed by atoms with Crippen LogP contribution in [0, 0.1) is 6.92 Å². The normalized spacial score (nSPS) is 11.8. The van der Waals surface area contributed by atoms with Crippen molar-refractivity contribution in [2.75, 3.05) is 0 Å². The number of rotatable bonds is 0. The molecule has 0 saturated carbocycles. The number of hydrogen-bond acceptors (Lipinski definition) is 0. The summed E-state index contributed by atoms with van der Waals surface area (Å²) in [5, 5.41) is 0.105. The minimum absolute atomic E-state index is 0.105. The zero-order chi connectivity index (χ0) is 9.35. The van der Waals surface area contributed by atoms with E-state index in [0.29, 0.717) is 0 Å². The highest BCUT2D eigenvalue weighted by Gasteiger charge is 2.32. The third-order valence-corrected chi connectivity index (χ3v) is 1.74. The van der Waals surface area contributed by atoms with Crippen LogP contribution in [0.25, 0.3) is 0 Å². The Hall–Kier alpha value is -0.700. The second kappa shape index (κ2) is 2.98. The van der Waals surface area contributed by atoms with Gasteiger partial charge < -0.3 is 0 Å². The van der Waals surface area contributed by atoms with Crippen LogP contribution in [0.2, 0.25) is 5.02 Å². The van der Waals surface area contributed by atoms with Crippen molar-refractivity contribution < 1.29 is 13.2 Å². The van der Waals surface area contributed by atoms with Crippen LogP contribution in [-0.2, 0) is 6.18 Å². The summed E-state index contributed by atoms with van der Waals surface area (Å²) >= 11 is 5.42. The molecule has 1 aromatic rings. The van der Waals surface area contributed by atoms with E-state index in [1.807, 2.05) is 0 Å². The molecule has 1 rings (SSSR count). The highest BCUT2D eigenvalue weighted by atomic mass is 35.5. The van der Waals surface area contributed by atoms with Crippen LogP contribution in [0.3, 0.4) is 0 Å². The first kappa shape index (κ1) is 9.39. The van der Waals surface area contributed by atoms with Gasteiger partial charge in [0.2, 0.25) is 0 Å². The van der Waals surface area contributed by atoms with Gasteiger partial charge in [-0.3, -0.25) is 0 Å². The van der Waals surface area contributed by atoms with Gasteiger partial charge >= 0.3 is 6.18 Å². The van der Waals surface area contributed by atoms with E-state index in [2.05, 4.69) is 0 Å². The quantitative estimate of drug-likeness (QED) is 0.591. The SMILES string of the molecule is Cc1ccc(Cl)cc1C(F)(F)F. The summed E-state index contributed by atoms with van der Waals surface area (Å²) in [6, 6.07) is 3.72. The Balaban J connectivity index is 3.23. The van der Waals surface area contributed by atoms with Gasteiger partial charge in [0.05, 0.1) is 5.56 Å². The maximum absolute atomic E-state index is 12.2. The van der Waals surface area contributed by atoms with Crippen molar-refractivity contribution >= 4 is 11.6 Å². The molecule has 0 radical (unpaired) electrons. The molecular formula is C8H6ClF3. The standard InChI is InChI=1S/C8H6ClF3/c1-5-2-3-6(9)4-7(5)8(10,11)12/h2-4H,1H3. The van der Waals surface area contributed by atoms with E-state index in [4.69, 9.17) is 11.6 Å². The van der Waals surface area contributed by atoms with Crippen LogP contribution in [0.4, 0.5) is 13.2 Å². The number of hydrogen-bond donors (Lipinski definition) is 0. The predicted octanol–water partition coefficient (Wildman–Crippen LogP) is 3.67. The van der Waals surface area contributed by atoms with E-state index in [1.54, 1.807) is 0 Å². The third kappa shape index (κ3) is 1.91. The van der Waals surface area contributed by atoms with Crippen molar-refractivity contribution in [3.8, 4) is 0 Å². The summed E-state index contributed by atoms with van der Waals surface area (Å²) in [4.78, 5) is 0. The zero-order valence-corrected chi connectivity index (χ0v) is 7.00. The van der Waals surface area contributed by atoms with Crippen LogP contribution < -0.4 is 0 Å². The van der Waals surface area contributed by atoms with E-state index in [-0.39, 0.29) is 10.6 Å². The van der Waals surface area contributed by atoms with Crippen molar-refractivity contribution in [3.05, 3.63) is 34.3 Å². The van der Waals surface area contributed by atoms with E-state index in [9.17, 15) is 13.2 Å². The fourth-order valence-electron chi connectivity index (χ4n) is 0.900. The molecular weight excluding hydrogens is 189 g/mol. The van der Waals surface area contributed by atoms with E-state index in [0.717, 1.165) is 6.07 Å². The van der Waals surface area contributed by atoms with Gasteiger partial charge in [-0.15, -0.1) is 0 Å². The highest BCUT2D eigenvalue weighted by Crippen LogP contribution is 2.33. The molecule has 0 aliphatic heterocycles. The smallest absolute Gasteiger partial charge is 0.166 e. The molecule has 0 bridgehead atoms. The van der Waals surface area contributed by atoms with Crippen LogP contribution in [-0.4, -0.2) is 0 Å². The molecule has 0 nitrogen and oxygen atoms in total. The van der Waals surface area contributed by atoms with Gasteiger partial charge in [0.1, 0.15) is 0 Å². The molecule has 1 aromatic carbocycles.